The second-order valence-corrected chi connectivity index (χ2v) is 5.71. The molecule has 0 aliphatic carbocycles. The zero-order valence-corrected chi connectivity index (χ0v) is 12.4. The van der Waals surface area contributed by atoms with Gasteiger partial charge in [-0.2, -0.15) is 0 Å². The molecule has 18 heavy (non-hydrogen) atoms. The van der Waals surface area contributed by atoms with E-state index in [9.17, 15) is 5.11 Å². The molecule has 2 rings (SSSR count). The molecule has 1 saturated heterocycles. The predicted octanol–water partition coefficient (Wildman–Crippen LogP) is 0.301. The molecule has 2 atom stereocenters. The van der Waals surface area contributed by atoms with Crippen molar-refractivity contribution >= 4 is 28.9 Å². The fourth-order valence-corrected chi connectivity index (χ4v) is 2.70. The topological polar surface area (TPSA) is 60.4 Å². The SMILES string of the molecule is CN(C)c1ncc(CNCC2CNCC2O)s1.Cl. The molecule has 2 unspecified atom stereocenters. The van der Waals surface area contributed by atoms with Crippen molar-refractivity contribution in [2.24, 2.45) is 5.92 Å². The highest BCUT2D eigenvalue weighted by atomic mass is 35.5. The molecular weight excluding hydrogens is 272 g/mol. The van der Waals surface area contributed by atoms with Gasteiger partial charge in [-0.3, -0.25) is 0 Å². The Morgan fingerprint density at radius 3 is 2.89 bits per heavy atom. The molecule has 7 heteroatoms. The lowest BCUT2D eigenvalue weighted by atomic mass is 10.1. The van der Waals surface area contributed by atoms with E-state index in [-0.39, 0.29) is 18.5 Å². The molecule has 0 bridgehead atoms. The van der Waals surface area contributed by atoms with Crippen LogP contribution in [0.3, 0.4) is 0 Å². The summed E-state index contributed by atoms with van der Waals surface area (Å²) in [5, 5.41) is 17.2. The summed E-state index contributed by atoms with van der Waals surface area (Å²) in [4.78, 5) is 7.57. The first-order valence-corrected chi connectivity index (χ1v) is 6.70. The summed E-state index contributed by atoms with van der Waals surface area (Å²) in [6.07, 6.45) is 1.71. The van der Waals surface area contributed by atoms with Crippen molar-refractivity contribution in [3.63, 3.8) is 0 Å². The van der Waals surface area contributed by atoms with Crippen LogP contribution >= 0.6 is 23.7 Å². The van der Waals surface area contributed by atoms with Crippen molar-refractivity contribution in [1.82, 2.24) is 15.6 Å². The normalized spacial score (nSPS) is 22.8. The van der Waals surface area contributed by atoms with Crippen LogP contribution < -0.4 is 15.5 Å². The summed E-state index contributed by atoms with van der Waals surface area (Å²) in [5.74, 6) is 0.330. The van der Waals surface area contributed by atoms with Crippen LogP contribution in [0, 0.1) is 5.92 Å². The van der Waals surface area contributed by atoms with Gasteiger partial charge in [-0.05, 0) is 0 Å². The van der Waals surface area contributed by atoms with E-state index in [4.69, 9.17) is 0 Å². The van der Waals surface area contributed by atoms with E-state index in [1.54, 1.807) is 11.3 Å². The van der Waals surface area contributed by atoms with Gasteiger partial charge in [-0.25, -0.2) is 4.98 Å². The number of rotatable bonds is 5. The van der Waals surface area contributed by atoms with Gasteiger partial charge in [0.25, 0.3) is 0 Å². The number of anilines is 1. The van der Waals surface area contributed by atoms with Gasteiger partial charge >= 0.3 is 0 Å². The highest BCUT2D eigenvalue weighted by Crippen LogP contribution is 2.20. The summed E-state index contributed by atoms with van der Waals surface area (Å²) in [7, 11) is 3.99. The van der Waals surface area contributed by atoms with Crippen LogP contribution in [0.5, 0.6) is 0 Å². The van der Waals surface area contributed by atoms with Gasteiger partial charge in [0, 0.05) is 57.3 Å². The monoisotopic (exact) mass is 292 g/mol. The molecule has 104 valence electrons. The number of aromatic nitrogens is 1. The smallest absolute Gasteiger partial charge is 0.185 e. The number of aliphatic hydroxyl groups excluding tert-OH is 1. The molecule has 0 spiro atoms. The Labute approximate surface area is 118 Å². The number of nitrogens with one attached hydrogen (secondary N) is 2. The Kier molecular flexibility index (Phi) is 6.31. The van der Waals surface area contributed by atoms with Crippen LogP contribution in [0.4, 0.5) is 5.13 Å². The lowest BCUT2D eigenvalue weighted by molar-refractivity contribution is 0.146. The van der Waals surface area contributed by atoms with Crippen LogP contribution in [0.1, 0.15) is 4.88 Å². The van der Waals surface area contributed by atoms with E-state index < -0.39 is 0 Å². The van der Waals surface area contributed by atoms with E-state index in [0.29, 0.717) is 5.92 Å². The van der Waals surface area contributed by atoms with Crippen molar-refractivity contribution in [1.29, 1.82) is 0 Å². The van der Waals surface area contributed by atoms with E-state index in [1.165, 1.54) is 4.88 Å². The van der Waals surface area contributed by atoms with E-state index >= 15 is 0 Å². The maximum absolute atomic E-state index is 9.64. The fourth-order valence-electron chi connectivity index (χ4n) is 1.89. The molecule has 1 aromatic heterocycles. The summed E-state index contributed by atoms with van der Waals surface area (Å²) in [5.41, 5.74) is 0. The maximum atomic E-state index is 9.64. The quantitative estimate of drug-likeness (QED) is 0.729. The number of β-amino-alcohol motifs (C(OH)–C–C–N with tert-alkyl or cyclic N) is 1. The Morgan fingerprint density at radius 2 is 2.33 bits per heavy atom. The summed E-state index contributed by atoms with van der Waals surface area (Å²) in [6.45, 7) is 3.30. The van der Waals surface area contributed by atoms with E-state index in [2.05, 4.69) is 15.6 Å². The van der Waals surface area contributed by atoms with Gasteiger partial charge in [0.1, 0.15) is 0 Å². The average Bonchev–Trinajstić information content (AvgIpc) is 2.89. The third kappa shape index (κ3) is 4.07. The second-order valence-electron chi connectivity index (χ2n) is 4.62. The van der Waals surface area contributed by atoms with Gasteiger partial charge in [0.15, 0.2) is 5.13 Å². The van der Waals surface area contributed by atoms with Crippen LogP contribution in [0.2, 0.25) is 0 Å². The molecule has 0 aromatic carbocycles. The first-order chi connectivity index (χ1) is 8.16. The standard InChI is InChI=1S/C11H20N4OS.ClH/c1-15(2)11-14-6-9(17-11)5-12-3-8-4-13-7-10(8)16;/h6,8,10,12-13,16H,3-5,7H2,1-2H3;1H. The van der Waals surface area contributed by atoms with E-state index in [1.807, 2.05) is 25.2 Å². The Bertz CT molecular complexity index is 361. The molecule has 0 amide bonds. The summed E-state index contributed by atoms with van der Waals surface area (Å²) in [6, 6.07) is 0. The van der Waals surface area contributed by atoms with Crippen molar-refractivity contribution in [3.8, 4) is 0 Å². The van der Waals surface area contributed by atoms with Gasteiger partial charge < -0.3 is 20.6 Å². The fraction of sp³-hybridized carbons (Fsp3) is 0.727. The molecular formula is C11H21ClN4OS. The number of hydrogen-bond acceptors (Lipinski definition) is 6. The van der Waals surface area contributed by atoms with Crippen molar-refractivity contribution in [3.05, 3.63) is 11.1 Å². The molecule has 1 aromatic rings. The van der Waals surface area contributed by atoms with Gasteiger partial charge in [0.05, 0.1) is 6.10 Å². The molecule has 0 saturated carbocycles. The highest BCUT2D eigenvalue weighted by molar-refractivity contribution is 7.15. The molecule has 1 aliphatic heterocycles. The number of nitrogens with zero attached hydrogens (tertiary/aromatic N) is 2. The lowest BCUT2D eigenvalue weighted by Crippen LogP contribution is -2.29. The van der Waals surface area contributed by atoms with Gasteiger partial charge in [-0.1, -0.05) is 0 Å². The van der Waals surface area contributed by atoms with Crippen LogP contribution in [-0.4, -0.2) is 49.9 Å². The minimum atomic E-state index is -0.207. The Morgan fingerprint density at radius 1 is 1.56 bits per heavy atom. The number of thiazole rings is 1. The Balaban J connectivity index is 0.00000162. The first kappa shape index (κ1) is 15.7. The van der Waals surface area contributed by atoms with Crippen molar-refractivity contribution in [2.75, 3.05) is 38.6 Å². The van der Waals surface area contributed by atoms with Crippen molar-refractivity contribution in [2.45, 2.75) is 12.6 Å². The molecule has 1 fully saturated rings. The first-order valence-electron chi connectivity index (χ1n) is 5.88. The van der Waals surface area contributed by atoms with E-state index in [0.717, 1.165) is 31.3 Å². The molecule has 0 radical (unpaired) electrons. The van der Waals surface area contributed by atoms with Gasteiger partial charge in [-0.15, -0.1) is 23.7 Å². The number of halogens is 1. The maximum Gasteiger partial charge on any atom is 0.185 e. The lowest BCUT2D eigenvalue weighted by Gasteiger charge is -2.13. The Hall–Kier alpha value is -0.400. The van der Waals surface area contributed by atoms with Crippen molar-refractivity contribution < 1.29 is 5.11 Å². The predicted molar refractivity (Wildman–Crippen MR) is 77.8 cm³/mol. The minimum Gasteiger partial charge on any atom is -0.391 e. The molecule has 1 aliphatic rings. The molecule has 2 heterocycles. The van der Waals surface area contributed by atoms with Crippen LogP contribution in [0.15, 0.2) is 6.20 Å². The second kappa shape index (κ2) is 7.25. The highest BCUT2D eigenvalue weighted by Gasteiger charge is 2.24. The molecule has 5 nitrogen and oxygen atoms in total. The third-order valence-electron chi connectivity index (χ3n) is 2.93. The third-order valence-corrected chi connectivity index (χ3v) is 4.10. The summed E-state index contributed by atoms with van der Waals surface area (Å²) >= 11 is 1.70. The number of hydrogen-bond donors (Lipinski definition) is 3. The van der Waals surface area contributed by atoms with Gasteiger partial charge in [0.2, 0.25) is 0 Å². The molecule has 3 N–H and O–H groups in total. The zero-order valence-electron chi connectivity index (χ0n) is 10.7. The minimum absolute atomic E-state index is 0. The van der Waals surface area contributed by atoms with Crippen LogP contribution in [-0.2, 0) is 6.54 Å². The summed E-state index contributed by atoms with van der Waals surface area (Å²) < 4.78 is 0. The zero-order chi connectivity index (χ0) is 12.3. The largest absolute Gasteiger partial charge is 0.391 e. The number of aliphatic hydroxyl groups is 1. The average molecular weight is 293 g/mol. The van der Waals surface area contributed by atoms with Crippen LogP contribution in [0.25, 0.3) is 0 Å².